The summed E-state index contributed by atoms with van der Waals surface area (Å²) in [4.78, 5) is 0. The fourth-order valence-electron chi connectivity index (χ4n) is 1.76. The molecule has 0 fully saturated rings. The van der Waals surface area contributed by atoms with E-state index in [1.807, 2.05) is 36.1 Å². The molecule has 3 nitrogen and oxygen atoms in total. The molecule has 0 saturated carbocycles. The van der Waals surface area contributed by atoms with Gasteiger partial charge in [-0.05, 0) is 36.2 Å². The Kier molecular flexibility index (Phi) is 3.82. The van der Waals surface area contributed by atoms with Gasteiger partial charge in [0.25, 0.3) is 0 Å². The molecule has 1 aromatic carbocycles. The summed E-state index contributed by atoms with van der Waals surface area (Å²) in [7, 11) is 1.95. The molecule has 0 radical (unpaired) electrons. The average molecular weight is 250 g/mol. The number of hydrogen-bond acceptors (Lipinski definition) is 2. The third-order valence-electron chi connectivity index (χ3n) is 2.85. The van der Waals surface area contributed by atoms with Crippen LogP contribution in [0.1, 0.15) is 16.8 Å². The summed E-state index contributed by atoms with van der Waals surface area (Å²) >= 11 is 5.92. The van der Waals surface area contributed by atoms with Crippen molar-refractivity contribution in [2.24, 2.45) is 7.05 Å². The fourth-order valence-corrected chi connectivity index (χ4v) is 1.98. The minimum atomic E-state index is 0.790. The molecule has 0 bridgehead atoms. The van der Waals surface area contributed by atoms with Crippen LogP contribution in [0.3, 0.4) is 0 Å². The molecule has 0 amide bonds. The maximum absolute atomic E-state index is 5.92. The van der Waals surface area contributed by atoms with Crippen molar-refractivity contribution in [2.45, 2.75) is 20.0 Å². The minimum Gasteiger partial charge on any atom is -0.307 e. The molecule has 2 aromatic rings. The topological polar surface area (TPSA) is 29.9 Å². The number of nitrogens with zero attached hydrogens (tertiary/aromatic N) is 2. The Morgan fingerprint density at radius 2 is 2.12 bits per heavy atom. The highest BCUT2D eigenvalue weighted by molar-refractivity contribution is 6.30. The van der Waals surface area contributed by atoms with Crippen LogP contribution in [0, 0.1) is 6.92 Å². The summed E-state index contributed by atoms with van der Waals surface area (Å²) in [5.41, 5.74) is 3.67. The summed E-state index contributed by atoms with van der Waals surface area (Å²) in [6, 6.07) is 7.99. The monoisotopic (exact) mass is 249 g/mol. The van der Waals surface area contributed by atoms with Gasteiger partial charge in [0.2, 0.25) is 0 Å². The molecule has 1 N–H and O–H groups in total. The lowest BCUT2D eigenvalue weighted by Crippen LogP contribution is -2.15. The number of benzene rings is 1. The molecule has 2 rings (SSSR count). The molecule has 1 heterocycles. The predicted octanol–water partition coefficient (Wildman–Crippen LogP) is 2.67. The van der Waals surface area contributed by atoms with E-state index in [2.05, 4.69) is 23.4 Å². The van der Waals surface area contributed by atoms with E-state index in [-0.39, 0.29) is 0 Å². The Morgan fingerprint density at radius 3 is 2.76 bits per heavy atom. The Morgan fingerprint density at radius 1 is 1.29 bits per heavy atom. The first-order chi connectivity index (χ1) is 8.16. The molecule has 90 valence electrons. The lowest BCUT2D eigenvalue weighted by atomic mass is 10.1. The number of aryl methyl sites for hydroxylation is 2. The third-order valence-corrected chi connectivity index (χ3v) is 3.08. The van der Waals surface area contributed by atoms with E-state index in [0.29, 0.717) is 0 Å². The van der Waals surface area contributed by atoms with E-state index < -0.39 is 0 Å². The lowest BCUT2D eigenvalue weighted by Gasteiger charge is -2.08. The van der Waals surface area contributed by atoms with Crippen molar-refractivity contribution in [3.8, 4) is 0 Å². The highest BCUT2D eigenvalue weighted by Crippen LogP contribution is 2.15. The zero-order chi connectivity index (χ0) is 12.3. The van der Waals surface area contributed by atoms with Crippen molar-refractivity contribution in [3.63, 3.8) is 0 Å². The van der Waals surface area contributed by atoms with Gasteiger partial charge in [-0.1, -0.05) is 17.7 Å². The van der Waals surface area contributed by atoms with Gasteiger partial charge < -0.3 is 5.32 Å². The zero-order valence-corrected chi connectivity index (χ0v) is 10.8. The van der Waals surface area contributed by atoms with E-state index in [4.69, 9.17) is 11.6 Å². The summed E-state index contributed by atoms with van der Waals surface area (Å²) in [5, 5.41) is 8.32. The zero-order valence-electron chi connectivity index (χ0n) is 10.1. The van der Waals surface area contributed by atoms with E-state index in [1.54, 1.807) is 0 Å². The van der Waals surface area contributed by atoms with Gasteiger partial charge in [-0.3, -0.25) is 4.68 Å². The minimum absolute atomic E-state index is 0.790. The summed E-state index contributed by atoms with van der Waals surface area (Å²) in [6.45, 7) is 3.74. The van der Waals surface area contributed by atoms with E-state index in [9.17, 15) is 0 Å². The average Bonchev–Trinajstić information content (AvgIpc) is 2.68. The molecule has 4 heteroatoms. The highest BCUT2D eigenvalue weighted by atomic mass is 35.5. The molecule has 0 aliphatic heterocycles. The van der Waals surface area contributed by atoms with Crippen molar-refractivity contribution in [2.75, 3.05) is 0 Å². The van der Waals surface area contributed by atoms with Gasteiger partial charge in [-0.25, -0.2) is 0 Å². The van der Waals surface area contributed by atoms with E-state index >= 15 is 0 Å². The van der Waals surface area contributed by atoms with Crippen molar-refractivity contribution < 1.29 is 0 Å². The van der Waals surface area contributed by atoms with Crippen LogP contribution in [0.5, 0.6) is 0 Å². The number of aromatic nitrogens is 2. The van der Waals surface area contributed by atoms with Crippen LogP contribution in [-0.4, -0.2) is 9.78 Å². The second kappa shape index (κ2) is 5.34. The van der Waals surface area contributed by atoms with Crippen molar-refractivity contribution >= 4 is 11.6 Å². The first-order valence-electron chi connectivity index (χ1n) is 5.59. The number of nitrogens with one attached hydrogen (secondary N) is 1. The van der Waals surface area contributed by atoms with E-state index in [0.717, 1.165) is 18.1 Å². The van der Waals surface area contributed by atoms with Crippen LogP contribution in [-0.2, 0) is 20.1 Å². The number of hydrogen-bond donors (Lipinski definition) is 1. The van der Waals surface area contributed by atoms with Crippen molar-refractivity contribution in [1.29, 1.82) is 0 Å². The largest absolute Gasteiger partial charge is 0.307 e. The van der Waals surface area contributed by atoms with Crippen molar-refractivity contribution in [1.82, 2.24) is 15.1 Å². The van der Waals surface area contributed by atoms with Crippen LogP contribution in [0.2, 0.25) is 5.02 Å². The second-order valence-electron chi connectivity index (χ2n) is 4.12. The standard InChI is InChI=1S/C13H16ClN3/c1-10-7-12(14)4-3-11(10)8-15-9-13-5-6-16-17(13)2/h3-7,15H,8-9H2,1-2H3. The normalized spacial score (nSPS) is 10.8. The number of rotatable bonds is 4. The Labute approximate surface area is 106 Å². The van der Waals surface area contributed by atoms with Crippen LogP contribution in [0.4, 0.5) is 0 Å². The Bertz CT molecular complexity index is 505. The summed E-state index contributed by atoms with van der Waals surface area (Å²) in [5.74, 6) is 0. The molecule has 1 aromatic heterocycles. The molecule has 0 aliphatic rings. The van der Waals surface area contributed by atoms with Gasteiger partial charge >= 0.3 is 0 Å². The van der Waals surface area contributed by atoms with Gasteiger partial charge in [0, 0.05) is 31.4 Å². The van der Waals surface area contributed by atoms with Gasteiger partial charge in [-0.15, -0.1) is 0 Å². The summed E-state index contributed by atoms with van der Waals surface area (Å²) in [6.07, 6.45) is 1.81. The first-order valence-corrected chi connectivity index (χ1v) is 5.97. The molecule has 17 heavy (non-hydrogen) atoms. The second-order valence-corrected chi connectivity index (χ2v) is 4.56. The fraction of sp³-hybridized carbons (Fsp3) is 0.308. The maximum atomic E-state index is 5.92. The van der Waals surface area contributed by atoms with Crippen LogP contribution < -0.4 is 5.32 Å². The van der Waals surface area contributed by atoms with Gasteiger partial charge in [-0.2, -0.15) is 5.10 Å². The quantitative estimate of drug-likeness (QED) is 0.903. The van der Waals surface area contributed by atoms with Gasteiger partial charge in [0.1, 0.15) is 0 Å². The smallest absolute Gasteiger partial charge is 0.0518 e. The Balaban J connectivity index is 1.92. The Hall–Kier alpha value is -1.32. The molecular weight excluding hydrogens is 234 g/mol. The van der Waals surface area contributed by atoms with Crippen LogP contribution in [0.25, 0.3) is 0 Å². The molecule has 0 aliphatic carbocycles. The SMILES string of the molecule is Cc1cc(Cl)ccc1CNCc1ccnn1C. The van der Waals surface area contributed by atoms with Crippen LogP contribution in [0.15, 0.2) is 30.5 Å². The summed E-state index contributed by atoms with van der Waals surface area (Å²) < 4.78 is 1.88. The molecule has 0 atom stereocenters. The van der Waals surface area contributed by atoms with Gasteiger partial charge in [0.15, 0.2) is 0 Å². The lowest BCUT2D eigenvalue weighted by molar-refractivity contribution is 0.625. The third kappa shape index (κ3) is 3.08. The molecule has 0 saturated heterocycles. The molecule has 0 spiro atoms. The van der Waals surface area contributed by atoms with Gasteiger partial charge in [0.05, 0.1) is 5.69 Å². The molecular formula is C13H16ClN3. The van der Waals surface area contributed by atoms with Crippen LogP contribution >= 0.6 is 11.6 Å². The first kappa shape index (κ1) is 12.1. The maximum Gasteiger partial charge on any atom is 0.0518 e. The number of halogens is 1. The van der Waals surface area contributed by atoms with E-state index in [1.165, 1.54) is 16.8 Å². The van der Waals surface area contributed by atoms with Crippen molar-refractivity contribution in [3.05, 3.63) is 52.3 Å². The predicted molar refractivity (Wildman–Crippen MR) is 69.9 cm³/mol. The molecule has 0 unspecified atom stereocenters. The highest BCUT2D eigenvalue weighted by Gasteiger charge is 2.01.